The average Bonchev–Trinajstić information content (AvgIpc) is 3.33. The van der Waals surface area contributed by atoms with Gasteiger partial charge in [-0.2, -0.15) is 9.97 Å². The molecule has 7 nitrogen and oxygen atoms in total. The molecule has 0 radical (unpaired) electrons. The summed E-state index contributed by atoms with van der Waals surface area (Å²) < 4.78 is 64.6. The first-order valence-corrected chi connectivity index (χ1v) is 14.7. The minimum Gasteiger partial charge on any atom is -0.462 e. The number of fused-ring (bicyclic) bond motifs is 2. The third kappa shape index (κ3) is 5.43. The molecule has 0 N–H and O–H groups in total. The van der Waals surface area contributed by atoms with E-state index >= 15 is 4.39 Å². The van der Waals surface area contributed by atoms with Crippen LogP contribution in [-0.4, -0.2) is 83.8 Å². The molecule has 6 rings (SSSR count). The van der Waals surface area contributed by atoms with Crippen LogP contribution in [0.1, 0.15) is 13.3 Å². The molecule has 12 heteroatoms. The van der Waals surface area contributed by atoms with Crippen molar-refractivity contribution >= 4 is 45.0 Å². The molecule has 1 aromatic heterocycles. The number of hydrogen-bond acceptors (Lipinski definition) is 6. The molecule has 0 bridgehead atoms. The van der Waals surface area contributed by atoms with Crippen LogP contribution < -0.4 is 9.64 Å². The van der Waals surface area contributed by atoms with Gasteiger partial charge >= 0.3 is 6.01 Å². The second-order valence-corrected chi connectivity index (χ2v) is 11.7. The van der Waals surface area contributed by atoms with Crippen LogP contribution in [0.5, 0.6) is 6.01 Å². The molecule has 230 valence electrons. The number of aromatic nitrogens is 2. The van der Waals surface area contributed by atoms with Crippen LogP contribution in [0.4, 0.5) is 23.4 Å². The van der Waals surface area contributed by atoms with Crippen LogP contribution in [0.15, 0.2) is 54.9 Å². The Balaban J connectivity index is 1.45. The fourth-order valence-corrected chi connectivity index (χ4v) is 6.43. The summed E-state index contributed by atoms with van der Waals surface area (Å²) in [7, 11) is 1.80. The summed E-state index contributed by atoms with van der Waals surface area (Å²) in [5.41, 5.74) is 0.521. The van der Waals surface area contributed by atoms with E-state index in [1.807, 2.05) is 16.7 Å². The number of anilines is 1. The van der Waals surface area contributed by atoms with E-state index < -0.39 is 29.5 Å². The number of rotatable bonds is 6. The van der Waals surface area contributed by atoms with Crippen LogP contribution in [0.25, 0.3) is 32.8 Å². The van der Waals surface area contributed by atoms with Crippen LogP contribution in [0.3, 0.4) is 0 Å². The number of alkyl halides is 1. The highest BCUT2D eigenvalue weighted by Crippen LogP contribution is 2.40. The van der Waals surface area contributed by atoms with E-state index in [1.54, 1.807) is 43.4 Å². The summed E-state index contributed by atoms with van der Waals surface area (Å²) in [6.07, 6.45) is -0.680. The van der Waals surface area contributed by atoms with Gasteiger partial charge in [-0.05, 0) is 43.5 Å². The van der Waals surface area contributed by atoms with Gasteiger partial charge in [0.2, 0.25) is 0 Å². The highest BCUT2D eigenvalue weighted by Gasteiger charge is 2.33. The molecule has 0 saturated carbocycles. The molecule has 2 saturated heterocycles. The number of likely N-dealkylation sites (tertiary alicyclic amines) is 1. The Hall–Kier alpha value is -3.96. The average molecular weight is 628 g/mol. The second kappa shape index (κ2) is 11.9. The van der Waals surface area contributed by atoms with Crippen molar-refractivity contribution < 1.29 is 27.1 Å². The van der Waals surface area contributed by atoms with Gasteiger partial charge in [-0.25, -0.2) is 17.6 Å². The van der Waals surface area contributed by atoms with Gasteiger partial charge in [0.1, 0.15) is 29.9 Å². The molecular formula is C32H30ClF4N5O2. The van der Waals surface area contributed by atoms with Gasteiger partial charge in [-0.1, -0.05) is 48.5 Å². The van der Waals surface area contributed by atoms with Crippen LogP contribution in [-0.2, 0) is 4.79 Å². The largest absolute Gasteiger partial charge is 0.462 e. The molecule has 3 aromatic carbocycles. The molecule has 2 aliphatic heterocycles. The summed E-state index contributed by atoms with van der Waals surface area (Å²) >= 11 is 6.36. The fraction of sp³-hybridized carbons (Fsp3) is 0.344. The molecule has 2 fully saturated rings. The van der Waals surface area contributed by atoms with Gasteiger partial charge in [-0.3, -0.25) is 9.69 Å². The molecule has 3 heterocycles. The molecule has 3 atom stereocenters. The standard InChI is InChI=1S/C32H30ClF4N5O2/c1-17-14-41(31(43)18(2)34)11-12-42(17)30-24-9-8-23(22-6-4-5-19-7-10-25(36)27(33)26(19)22)28(37)29(24)38-32(39-30)44-16-21-13-20(35)15-40(21)3/h4-10,17,20-21H,2,11-16H2,1,3H3/t17-,20+,21-/m0/s1. The Morgan fingerprint density at radius 3 is 2.59 bits per heavy atom. The van der Waals surface area contributed by atoms with Gasteiger partial charge in [0.25, 0.3) is 5.91 Å². The summed E-state index contributed by atoms with van der Waals surface area (Å²) in [5.74, 6) is -2.74. The zero-order valence-electron chi connectivity index (χ0n) is 24.2. The number of amides is 1. The van der Waals surface area contributed by atoms with Gasteiger partial charge < -0.3 is 14.5 Å². The van der Waals surface area contributed by atoms with Gasteiger partial charge in [-0.15, -0.1) is 0 Å². The lowest BCUT2D eigenvalue weighted by Crippen LogP contribution is -2.54. The monoisotopic (exact) mass is 627 g/mol. The van der Waals surface area contributed by atoms with Crippen LogP contribution >= 0.6 is 11.6 Å². The number of halogens is 5. The molecule has 4 aromatic rings. The Morgan fingerprint density at radius 2 is 1.89 bits per heavy atom. The van der Waals surface area contributed by atoms with E-state index in [2.05, 4.69) is 16.5 Å². The molecule has 2 aliphatic rings. The Bertz CT molecular complexity index is 1790. The van der Waals surface area contributed by atoms with Crippen LogP contribution in [0.2, 0.25) is 5.02 Å². The zero-order chi connectivity index (χ0) is 31.3. The van der Waals surface area contributed by atoms with Crippen LogP contribution in [0, 0.1) is 11.6 Å². The van der Waals surface area contributed by atoms with Gasteiger partial charge in [0.15, 0.2) is 11.6 Å². The fourth-order valence-electron chi connectivity index (χ4n) is 6.16. The number of nitrogens with zero attached hydrogens (tertiary/aromatic N) is 5. The van der Waals surface area contributed by atoms with Crippen molar-refractivity contribution in [3.8, 4) is 17.1 Å². The molecule has 44 heavy (non-hydrogen) atoms. The first-order chi connectivity index (χ1) is 21.0. The Labute approximate surface area is 256 Å². The number of carbonyl (C=O) groups excluding carboxylic acids is 1. The topological polar surface area (TPSA) is 61.8 Å². The van der Waals surface area contributed by atoms with E-state index in [1.165, 1.54) is 11.0 Å². The third-order valence-corrected chi connectivity index (χ3v) is 8.82. The number of piperazine rings is 1. The van der Waals surface area contributed by atoms with Crippen molar-refractivity contribution in [1.82, 2.24) is 19.8 Å². The summed E-state index contributed by atoms with van der Waals surface area (Å²) in [4.78, 5) is 26.5. The van der Waals surface area contributed by atoms with Crippen molar-refractivity contribution in [2.75, 3.05) is 44.7 Å². The lowest BCUT2D eigenvalue weighted by atomic mass is 9.96. The minimum absolute atomic E-state index is 0.0296. The van der Waals surface area contributed by atoms with Crippen molar-refractivity contribution in [3.63, 3.8) is 0 Å². The first-order valence-electron chi connectivity index (χ1n) is 14.3. The molecular weight excluding hydrogens is 598 g/mol. The highest BCUT2D eigenvalue weighted by atomic mass is 35.5. The maximum atomic E-state index is 16.6. The number of ether oxygens (including phenoxy) is 1. The van der Waals surface area contributed by atoms with Crippen molar-refractivity contribution in [1.29, 1.82) is 0 Å². The molecule has 0 aliphatic carbocycles. The lowest BCUT2D eigenvalue weighted by molar-refractivity contribution is -0.129. The zero-order valence-corrected chi connectivity index (χ0v) is 24.9. The Kier molecular flexibility index (Phi) is 8.10. The van der Waals surface area contributed by atoms with Crippen molar-refractivity contribution in [3.05, 3.63) is 71.5 Å². The van der Waals surface area contributed by atoms with Crippen molar-refractivity contribution in [2.45, 2.75) is 31.6 Å². The minimum atomic E-state index is -1.04. The summed E-state index contributed by atoms with van der Waals surface area (Å²) in [5, 5.41) is 1.28. The summed E-state index contributed by atoms with van der Waals surface area (Å²) in [6.45, 7) is 6.01. The SMILES string of the molecule is C=C(F)C(=O)N1CCN(c2nc(OC[C@@H]3C[C@@H](F)CN3C)nc3c(F)c(-c4cccc5ccc(F)c(Cl)c45)ccc23)[C@@H](C)C1. The number of benzene rings is 3. The predicted molar refractivity (Wildman–Crippen MR) is 162 cm³/mol. The maximum Gasteiger partial charge on any atom is 0.319 e. The number of hydrogen-bond donors (Lipinski definition) is 0. The van der Waals surface area contributed by atoms with E-state index in [0.29, 0.717) is 34.0 Å². The maximum absolute atomic E-state index is 16.6. The number of carbonyl (C=O) groups is 1. The first kappa shape index (κ1) is 30.1. The quantitative estimate of drug-likeness (QED) is 0.184. The van der Waals surface area contributed by atoms with E-state index in [-0.39, 0.29) is 67.0 Å². The highest BCUT2D eigenvalue weighted by molar-refractivity contribution is 6.37. The van der Waals surface area contributed by atoms with Gasteiger partial charge in [0.05, 0.1) is 5.02 Å². The predicted octanol–water partition coefficient (Wildman–Crippen LogP) is 6.32. The van der Waals surface area contributed by atoms with E-state index in [4.69, 9.17) is 16.3 Å². The number of likely N-dealkylation sites (N-methyl/N-ethyl adjacent to an activating group) is 1. The molecule has 1 amide bonds. The van der Waals surface area contributed by atoms with Crippen molar-refractivity contribution in [2.24, 2.45) is 0 Å². The van der Waals surface area contributed by atoms with Gasteiger partial charge in [0, 0.05) is 54.6 Å². The summed E-state index contributed by atoms with van der Waals surface area (Å²) in [6, 6.07) is 10.6. The second-order valence-electron chi connectivity index (χ2n) is 11.4. The third-order valence-electron chi connectivity index (χ3n) is 8.45. The Morgan fingerprint density at radius 1 is 1.09 bits per heavy atom. The normalized spacial score (nSPS) is 20.9. The van der Waals surface area contributed by atoms with E-state index in [9.17, 15) is 18.0 Å². The van der Waals surface area contributed by atoms with E-state index in [0.717, 1.165) is 0 Å². The smallest absolute Gasteiger partial charge is 0.319 e. The molecule has 0 unspecified atom stereocenters. The molecule has 0 spiro atoms. The lowest BCUT2D eigenvalue weighted by Gasteiger charge is -2.40.